The van der Waals surface area contributed by atoms with Gasteiger partial charge in [-0.1, -0.05) is 29.8 Å². The number of hydrogen-bond donors (Lipinski definition) is 2. The lowest BCUT2D eigenvalue weighted by Crippen LogP contribution is -2.39. The van der Waals surface area contributed by atoms with Crippen molar-refractivity contribution in [1.29, 1.82) is 0 Å². The Balaban J connectivity index is 1.44. The maximum Gasteiger partial charge on any atom is 0.190 e. The third-order valence-corrected chi connectivity index (χ3v) is 4.50. The molecule has 5 nitrogen and oxygen atoms in total. The van der Waals surface area contributed by atoms with E-state index in [-0.39, 0.29) is 0 Å². The van der Waals surface area contributed by atoms with Crippen LogP contribution in [-0.4, -0.2) is 35.5 Å². The van der Waals surface area contributed by atoms with Crippen LogP contribution in [0.2, 0.25) is 5.02 Å². The molecule has 1 aromatic carbocycles. The summed E-state index contributed by atoms with van der Waals surface area (Å²) < 4.78 is 2.07. The van der Waals surface area contributed by atoms with E-state index in [0.717, 1.165) is 48.3 Å². The van der Waals surface area contributed by atoms with E-state index in [9.17, 15) is 0 Å². The molecule has 26 heavy (non-hydrogen) atoms. The molecule has 0 fully saturated rings. The van der Waals surface area contributed by atoms with Crippen molar-refractivity contribution < 1.29 is 0 Å². The molecule has 2 aromatic heterocycles. The van der Waals surface area contributed by atoms with Crippen LogP contribution in [0.15, 0.2) is 53.8 Å². The Kier molecular flexibility index (Phi) is 6.12. The van der Waals surface area contributed by atoms with Crippen molar-refractivity contribution >= 4 is 23.2 Å². The number of aryl methyl sites for hydroxylation is 1. The van der Waals surface area contributed by atoms with Gasteiger partial charge in [0.05, 0.1) is 5.69 Å². The summed E-state index contributed by atoms with van der Waals surface area (Å²) in [6.45, 7) is 3.68. The lowest BCUT2D eigenvalue weighted by atomic mass is 10.1. The van der Waals surface area contributed by atoms with Crippen molar-refractivity contribution in [3.63, 3.8) is 0 Å². The Morgan fingerprint density at radius 1 is 1.12 bits per heavy atom. The highest BCUT2D eigenvalue weighted by Gasteiger charge is 2.04. The van der Waals surface area contributed by atoms with Crippen LogP contribution < -0.4 is 10.6 Å². The number of aliphatic imine (C=N–C) groups is 1. The third-order valence-electron chi connectivity index (χ3n) is 4.24. The third kappa shape index (κ3) is 4.76. The summed E-state index contributed by atoms with van der Waals surface area (Å²) in [5.41, 5.74) is 4.53. The minimum atomic E-state index is 0.765. The number of nitrogens with one attached hydrogen (secondary N) is 2. The Morgan fingerprint density at radius 3 is 2.54 bits per heavy atom. The number of guanidine groups is 1. The van der Waals surface area contributed by atoms with Crippen LogP contribution in [0, 0.1) is 6.92 Å². The number of pyridine rings is 1. The van der Waals surface area contributed by atoms with E-state index in [1.165, 1.54) is 11.1 Å². The predicted octanol–water partition coefficient (Wildman–Crippen LogP) is 3.25. The zero-order chi connectivity index (χ0) is 18.4. The lowest BCUT2D eigenvalue weighted by molar-refractivity contribution is 0.778. The fraction of sp³-hybridized carbons (Fsp3) is 0.300. The standard InChI is InChI=1S/C20H24ClN5/c1-15-4-3-13-26-14-18(25-19(15)26)10-12-24-20(22-2)23-11-9-16-5-7-17(21)8-6-16/h3-8,13-14H,9-12H2,1-2H3,(H2,22,23,24). The zero-order valence-electron chi connectivity index (χ0n) is 15.2. The van der Waals surface area contributed by atoms with Gasteiger partial charge in [-0.05, 0) is 42.7 Å². The SMILES string of the molecule is CN=C(NCCc1ccc(Cl)cc1)NCCc1cn2cccc(C)c2n1. The Bertz CT molecular complexity index is 883. The molecule has 2 N–H and O–H groups in total. The summed E-state index contributed by atoms with van der Waals surface area (Å²) in [6.07, 6.45) is 5.88. The molecule has 0 atom stereocenters. The van der Waals surface area contributed by atoms with Crippen molar-refractivity contribution in [2.75, 3.05) is 20.1 Å². The number of rotatable bonds is 6. The molecule has 2 heterocycles. The maximum atomic E-state index is 5.91. The summed E-state index contributed by atoms with van der Waals surface area (Å²) in [5.74, 6) is 0.805. The Hall–Kier alpha value is -2.53. The van der Waals surface area contributed by atoms with Crippen LogP contribution in [-0.2, 0) is 12.8 Å². The summed E-state index contributed by atoms with van der Waals surface area (Å²) in [6, 6.07) is 12.0. The van der Waals surface area contributed by atoms with E-state index < -0.39 is 0 Å². The van der Waals surface area contributed by atoms with Gasteiger partial charge >= 0.3 is 0 Å². The van der Waals surface area contributed by atoms with Crippen molar-refractivity contribution in [3.05, 3.63) is 70.6 Å². The lowest BCUT2D eigenvalue weighted by Gasteiger charge is -2.11. The van der Waals surface area contributed by atoms with Gasteiger partial charge in [-0.3, -0.25) is 4.99 Å². The highest BCUT2D eigenvalue weighted by molar-refractivity contribution is 6.30. The molecule has 0 amide bonds. The van der Waals surface area contributed by atoms with Gasteiger partial charge in [0.25, 0.3) is 0 Å². The number of aromatic nitrogens is 2. The molecule has 0 aliphatic carbocycles. The van der Waals surface area contributed by atoms with Gasteiger partial charge in [-0.25, -0.2) is 4.98 Å². The number of fused-ring (bicyclic) bond motifs is 1. The molecule has 0 unspecified atom stereocenters. The Morgan fingerprint density at radius 2 is 1.85 bits per heavy atom. The van der Waals surface area contributed by atoms with Crippen LogP contribution in [0.1, 0.15) is 16.8 Å². The Labute approximate surface area is 159 Å². The van der Waals surface area contributed by atoms with Crippen LogP contribution in [0.4, 0.5) is 0 Å². The van der Waals surface area contributed by atoms with Crippen molar-refractivity contribution in [3.8, 4) is 0 Å². The second-order valence-electron chi connectivity index (χ2n) is 6.21. The van der Waals surface area contributed by atoms with Crippen LogP contribution in [0.3, 0.4) is 0 Å². The normalized spacial score (nSPS) is 11.7. The first kappa shape index (κ1) is 18.3. The zero-order valence-corrected chi connectivity index (χ0v) is 15.9. The maximum absolute atomic E-state index is 5.91. The number of imidazole rings is 1. The molecule has 3 aromatic rings. The highest BCUT2D eigenvalue weighted by Crippen LogP contribution is 2.10. The minimum absolute atomic E-state index is 0.765. The van der Waals surface area contributed by atoms with E-state index >= 15 is 0 Å². The van der Waals surface area contributed by atoms with Gasteiger partial charge in [0.1, 0.15) is 5.65 Å². The van der Waals surface area contributed by atoms with Gasteiger partial charge in [0.2, 0.25) is 0 Å². The van der Waals surface area contributed by atoms with E-state index in [4.69, 9.17) is 16.6 Å². The van der Waals surface area contributed by atoms with E-state index in [1.54, 1.807) is 7.05 Å². The largest absolute Gasteiger partial charge is 0.356 e. The van der Waals surface area contributed by atoms with Crippen molar-refractivity contribution in [1.82, 2.24) is 20.0 Å². The van der Waals surface area contributed by atoms with Crippen LogP contribution in [0.5, 0.6) is 0 Å². The van der Waals surface area contributed by atoms with E-state index in [1.807, 2.05) is 36.5 Å². The first-order valence-corrected chi connectivity index (χ1v) is 9.15. The van der Waals surface area contributed by atoms with E-state index in [0.29, 0.717) is 0 Å². The first-order chi connectivity index (χ1) is 12.7. The second kappa shape index (κ2) is 8.72. The molecule has 0 saturated heterocycles. The van der Waals surface area contributed by atoms with E-state index in [2.05, 4.69) is 39.2 Å². The molecule has 6 heteroatoms. The fourth-order valence-corrected chi connectivity index (χ4v) is 2.96. The molecule has 136 valence electrons. The van der Waals surface area contributed by atoms with Gasteiger partial charge in [0.15, 0.2) is 5.96 Å². The molecule has 0 spiro atoms. The number of benzene rings is 1. The van der Waals surface area contributed by atoms with Crippen LogP contribution in [0.25, 0.3) is 5.65 Å². The summed E-state index contributed by atoms with van der Waals surface area (Å²) in [4.78, 5) is 8.96. The van der Waals surface area contributed by atoms with Gasteiger partial charge < -0.3 is 15.0 Å². The van der Waals surface area contributed by atoms with Gasteiger partial charge in [-0.2, -0.15) is 0 Å². The fourth-order valence-electron chi connectivity index (χ4n) is 2.83. The molecule has 0 bridgehead atoms. The quantitative estimate of drug-likeness (QED) is 0.518. The highest BCUT2D eigenvalue weighted by atomic mass is 35.5. The molecule has 3 rings (SSSR count). The molecule has 0 aliphatic heterocycles. The smallest absolute Gasteiger partial charge is 0.190 e. The summed E-state index contributed by atoms with van der Waals surface area (Å²) >= 11 is 5.91. The first-order valence-electron chi connectivity index (χ1n) is 8.78. The van der Waals surface area contributed by atoms with Crippen LogP contribution >= 0.6 is 11.6 Å². The average molecular weight is 370 g/mol. The number of nitrogens with zero attached hydrogens (tertiary/aromatic N) is 3. The summed E-state index contributed by atoms with van der Waals surface area (Å²) in [7, 11) is 1.78. The summed E-state index contributed by atoms with van der Waals surface area (Å²) in [5, 5.41) is 7.44. The van der Waals surface area contributed by atoms with Crippen molar-refractivity contribution in [2.45, 2.75) is 19.8 Å². The molecular weight excluding hydrogens is 346 g/mol. The monoisotopic (exact) mass is 369 g/mol. The molecule has 0 saturated carbocycles. The van der Waals surface area contributed by atoms with Gasteiger partial charge in [-0.15, -0.1) is 0 Å². The average Bonchev–Trinajstić information content (AvgIpc) is 3.06. The predicted molar refractivity (Wildman–Crippen MR) is 108 cm³/mol. The van der Waals surface area contributed by atoms with Crippen molar-refractivity contribution in [2.24, 2.45) is 4.99 Å². The molecule has 0 aliphatic rings. The minimum Gasteiger partial charge on any atom is -0.356 e. The number of hydrogen-bond acceptors (Lipinski definition) is 2. The number of halogens is 1. The van der Waals surface area contributed by atoms with Gasteiger partial charge in [0, 0.05) is 44.0 Å². The molecule has 0 radical (unpaired) electrons. The topological polar surface area (TPSA) is 53.7 Å². The molecular formula is C20H24ClN5. The second-order valence-corrected chi connectivity index (χ2v) is 6.64.